The maximum absolute atomic E-state index is 5.41. The number of guanidine groups is 1. The smallest absolute Gasteiger partial charge is 0.191 e. The number of nitrogens with zero attached hydrogens (tertiary/aromatic N) is 2. The van der Waals surface area contributed by atoms with Gasteiger partial charge in [-0.2, -0.15) is 0 Å². The van der Waals surface area contributed by atoms with Gasteiger partial charge in [0.25, 0.3) is 0 Å². The molecule has 2 aromatic carbocycles. The average Bonchev–Trinajstić information content (AvgIpc) is 3.18. The highest BCUT2D eigenvalue weighted by atomic mass is 32.2. The number of benzene rings is 2. The number of aliphatic imine (C=N–C) groups is 1. The number of rotatable bonds is 7. The molecule has 26 heavy (non-hydrogen) atoms. The van der Waals surface area contributed by atoms with Gasteiger partial charge in [-0.25, -0.2) is 0 Å². The topological polar surface area (TPSA) is 62.5 Å². The van der Waals surface area contributed by atoms with Crippen LogP contribution in [-0.4, -0.2) is 30.5 Å². The molecule has 2 N–H and O–H groups in total. The van der Waals surface area contributed by atoms with Crippen molar-refractivity contribution in [3.63, 3.8) is 0 Å². The molecule has 0 saturated carbocycles. The molecular formula is C20H22N4OS. The average molecular weight is 366 g/mol. The van der Waals surface area contributed by atoms with Crippen LogP contribution in [0, 0.1) is 0 Å². The Hall–Kier alpha value is -2.73. The molecule has 0 unspecified atom stereocenters. The van der Waals surface area contributed by atoms with Crippen LogP contribution in [0.5, 0.6) is 0 Å². The minimum atomic E-state index is 0.557. The first-order valence-corrected chi connectivity index (χ1v) is 9.47. The van der Waals surface area contributed by atoms with Crippen molar-refractivity contribution in [2.24, 2.45) is 4.99 Å². The van der Waals surface area contributed by atoms with E-state index < -0.39 is 0 Å². The van der Waals surface area contributed by atoms with Crippen molar-refractivity contribution in [2.75, 3.05) is 19.3 Å². The molecule has 1 heterocycles. The molecule has 0 saturated heterocycles. The first-order chi connectivity index (χ1) is 12.8. The minimum absolute atomic E-state index is 0.557. The Labute approximate surface area is 157 Å². The third kappa shape index (κ3) is 5.39. The number of hydrogen-bond donors (Lipinski definition) is 2. The highest BCUT2D eigenvalue weighted by Crippen LogP contribution is 2.19. The van der Waals surface area contributed by atoms with Crippen molar-refractivity contribution in [1.29, 1.82) is 0 Å². The van der Waals surface area contributed by atoms with E-state index in [-0.39, 0.29) is 0 Å². The Morgan fingerprint density at radius 1 is 1.04 bits per heavy atom. The van der Waals surface area contributed by atoms with Crippen LogP contribution in [0.4, 0.5) is 0 Å². The maximum atomic E-state index is 5.41. The molecule has 5 nitrogen and oxygen atoms in total. The summed E-state index contributed by atoms with van der Waals surface area (Å²) in [4.78, 5) is 5.51. The summed E-state index contributed by atoms with van der Waals surface area (Å²) < 4.78 is 5.41. The number of aromatic nitrogens is 1. The number of thioether (sulfide) groups is 1. The van der Waals surface area contributed by atoms with E-state index in [2.05, 4.69) is 45.0 Å². The molecule has 0 atom stereocenters. The van der Waals surface area contributed by atoms with Gasteiger partial charge in [0.15, 0.2) is 11.7 Å². The lowest BCUT2D eigenvalue weighted by molar-refractivity contribution is 0.422. The van der Waals surface area contributed by atoms with Crippen LogP contribution in [0.1, 0.15) is 5.69 Å². The van der Waals surface area contributed by atoms with Crippen molar-refractivity contribution < 1.29 is 4.52 Å². The van der Waals surface area contributed by atoms with E-state index in [1.54, 1.807) is 7.05 Å². The Morgan fingerprint density at radius 3 is 2.50 bits per heavy atom. The Morgan fingerprint density at radius 2 is 1.77 bits per heavy atom. The monoisotopic (exact) mass is 366 g/mol. The summed E-state index contributed by atoms with van der Waals surface area (Å²) in [5.41, 5.74) is 1.86. The Balaban J connectivity index is 1.42. The summed E-state index contributed by atoms with van der Waals surface area (Å²) in [7, 11) is 1.76. The van der Waals surface area contributed by atoms with Crippen LogP contribution in [0.3, 0.4) is 0 Å². The quantitative estimate of drug-likeness (QED) is 0.288. The fraction of sp³-hybridized carbons (Fsp3) is 0.200. The molecule has 6 heteroatoms. The van der Waals surface area contributed by atoms with Crippen molar-refractivity contribution in [1.82, 2.24) is 15.8 Å². The van der Waals surface area contributed by atoms with Crippen LogP contribution in [0.25, 0.3) is 11.3 Å². The number of hydrogen-bond acceptors (Lipinski definition) is 4. The van der Waals surface area contributed by atoms with Crippen molar-refractivity contribution >= 4 is 17.7 Å². The molecule has 0 bridgehead atoms. The first-order valence-electron chi connectivity index (χ1n) is 8.48. The van der Waals surface area contributed by atoms with Crippen molar-refractivity contribution in [3.8, 4) is 11.3 Å². The van der Waals surface area contributed by atoms with Crippen LogP contribution in [-0.2, 0) is 6.54 Å². The molecule has 0 fully saturated rings. The van der Waals surface area contributed by atoms with Crippen LogP contribution < -0.4 is 10.6 Å². The van der Waals surface area contributed by atoms with E-state index in [1.807, 2.05) is 54.2 Å². The van der Waals surface area contributed by atoms with Gasteiger partial charge in [-0.1, -0.05) is 53.7 Å². The van der Waals surface area contributed by atoms with Gasteiger partial charge in [0.2, 0.25) is 0 Å². The third-order valence-electron chi connectivity index (χ3n) is 3.68. The summed E-state index contributed by atoms with van der Waals surface area (Å²) in [5, 5.41) is 10.7. The molecule has 0 aliphatic heterocycles. The van der Waals surface area contributed by atoms with E-state index in [1.165, 1.54) is 4.90 Å². The van der Waals surface area contributed by atoms with Crippen LogP contribution in [0.2, 0.25) is 0 Å². The standard InChI is InChI=1S/C20H22N4OS/c1-21-20(22-12-13-26-18-10-6-3-7-11-18)23-15-17-14-19(25-24-17)16-8-4-2-5-9-16/h2-11,14H,12-13,15H2,1H3,(H2,21,22,23). The van der Waals surface area contributed by atoms with Gasteiger partial charge >= 0.3 is 0 Å². The van der Waals surface area contributed by atoms with E-state index in [9.17, 15) is 0 Å². The van der Waals surface area contributed by atoms with Gasteiger partial charge in [-0.05, 0) is 12.1 Å². The van der Waals surface area contributed by atoms with Gasteiger partial charge < -0.3 is 15.2 Å². The molecule has 0 amide bonds. The molecule has 0 aliphatic carbocycles. The SMILES string of the molecule is CN=C(NCCSc1ccccc1)NCc1cc(-c2ccccc2)on1. The fourth-order valence-electron chi connectivity index (χ4n) is 2.38. The van der Waals surface area contributed by atoms with E-state index >= 15 is 0 Å². The van der Waals surface area contributed by atoms with Gasteiger partial charge in [-0.15, -0.1) is 11.8 Å². The largest absolute Gasteiger partial charge is 0.356 e. The lowest BCUT2D eigenvalue weighted by Crippen LogP contribution is -2.38. The normalized spacial score (nSPS) is 11.3. The van der Waals surface area contributed by atoms with Crippen LogP contribution in [0.15, 0.2) is 81.1 Å². The van der Waals surface area contributed by atoms with E-state index in [4.69, 9.17) is 4.52 Å². The predicted octanol–water partition coefficient (Wildman–Crippen LogP) is 3.80. The zero-order valence-corrected chi connectivity index (χ0v) is 15.5. The van der Waals surface area contributed by atoms with Crippen LogP contribution >= 0.6 is 11.8 Å². The molecule has 1 aromatic heterocycles. The summed E-state index contributed by atoms with van der Waals surface area (Å²) in [5.74, 6) is 2.49. The van der Waals surface area contributed by atoms with Gasteiger partial charge in [0.05, 0.1) is 6.54 Å². The Bertz CT molecular complexity index is 818. The van der Waals surface area contributed by atoms with Gasteiger partial charge in [0.1, 0.15) is 5.69 Å². The summed E-state index contributed by atoms with van der Waals surface area (Å²) >= 11 is 1.82. The second-order valence-electron chi connectivity index (χ2n) is 5.56. The van der Waals surface area contributed by atoms with Gasteiger partial charge in [-0.3, -0.25) is 4.99 Å². The second kappa shape index (κ2) is 9.68. The second-order valence-corrected chi connectivity index (χ2v) is 6.73. The highest BCUT2D eigenvalue weighted by Gasteiger charge is 2.07. The molecule has 134 valence electrons. The lowest BCUT2D eigenvalue weighted by Gasteiger charge is -2.10. The fourth-order valence-corrected chi connectivity index (χ4v) is 3.17. The zero-order chi connectivity index (χ0) is 18.0. The number of nitrogens with one attached hydrogen (secondary N) is 2. The maximum Gasteiger partial charge on any atom is 0.191 e. The van der Waals surface area contributed by atoms with E-state index in [0.29, 0.717) is 6.54 Å². The zero-order valence-electron chi connectivity index (χ0n) is 14.7. The Kier molecular flexibility index (Phi) is 6.73. The molecule has 0 radical (unpaired) electrons. The molecule has 3 rings (SSSR count). The molecule has 3 aromatic rings. The highest BCUT2D eigenvalue weighted by molar-refractivity contribution is 7.99. The molecule has 0 spiro atoms. The minimum Gasteiger partial charge on any atom is -0.356 e. The molecule has 0 aliphatic rings. The summed E-state index contributed by atoms with van der Waals surface area (Å²) in [6, 6.07) is 22.3. The lowest BCUT2D eigenvalue weighted by atomic mass is 10.2. The summed E-state index contributed by atoms with van der Waals surface area (Å²) in [6.07, 6.45) is 0. The van der Waals surface area contributed by atoms with Crippen molar-refractivity contribution in [2.45, 2.75) is 11.4 Å². The third-order valence-corrected chi connectivity index (χ3v) is 4.70. The predicted molar refractivity (Wildman–Crippen MR) is 107 cm³/mol. The van der Waals surface area contributed by atoms with Crippen molar-refractivity contribution in [3.05, 3.63) is 72.4 Å². The first kappa shape index (κ1) is 18.1. The molecular weight excluding hydrogens is 344 g/mol. The summed E-state index contributed by atoms with van der Waals surface area (Å²) in [6.45, 7) is 1.38. The van der Waals surface area contributed by atoms with E-state index in [0.717, 1.165) is 35.3 Å². The van der Waals surface area contributed by atoms with Gasteiger partial charge in [0, 0.05) is 35.9 Å².